The molecular weight excluding hydrogens is 241 g/mol. The average molecular weight is 252 g/mol. The summed E-state index contributed by atoms with van der Waals surface area (Å²) in [4.78, 5) is 4.18. The molecule has 0 radical (unpaired) electrons. The first kappa shape index (κ1) is 9.44. The number of hydrogen-bond acceptors (Lipinski definition) is 3. The number of hydrogen-bond donors (Lipinski definition) is 0. The van der Waals surface area contributed by atoms with Crippen molar-refractivity contribution in [2.45, 2.75) is 0 Å². The van der Waals surface area contributed by atoms with Crippen LogP contribution in [0.4, 0.5) is 5.69 Å². The molecular formula is C10H11N3Se. The molecule has 72 valence electrons. The van der Waals surface area contributed by atoms with Crippen molar-refractivity contribution < 1.29 is 0 Å². The van der Waals surface area contributed by atoms with E-state index in [1.54, 1.807) is 0 Å². The van der Waals surface area contributed by atoms with Gasteiger partial charge < -0.3 is 0 Å². The van der Waals surface area contributed by atoms with E-state index in [1.165, 1.54) is 5.69 Å². The first-order valence-corrected chi connectivity index (χ1v) is 6.08. The van der Waals surface area contributed by atoms with Gasteiger partial charge in [-0.2, -0.15) is 0 Å². The topological polar surface area (TPSA) is 29.0 Å². The second-order valence-electron chi connectivity index (χ2n) is 3.23. The summed E-state index contributed by atoms with van der Waals surface area (Å²) in [5.41, 5.74) is 3.36. The van der Waals surface area contributed by atoms with Gasteiger partial charge >= 0.3 is 89.1 Å². The molecule has 0 saturated heterocycles. The second kappa shape index (κ2) is 3.94. The van der Waals surface area contributed by atoms with Crippen molar-refractivity contribution in [3.8, 4) is 11.3 Å². The SMILES string of the molecule is CN(C)c1ccc(-c2c[se]nn2)cc1. The van der Waals surface area contributed by atoms with E-state index in [2.05, 4.69) is 43.3 Å². The molecule has 0 spiro atoms. The molecule has 2 aromatic rings. The van der Waals surface area contributed by atoms with Crippen LogP contribution in [0.1, 0.15) is 0 Å². The summed E-state index contributed by atoms with van der Waals surface area (Å²) in [5.74, 6) is 0. The van der Waals surface area contributed by atoms with Crippen LogP contribution in [-0.4, -0.2) is 38.0 Å². The van der Waals surface area contributed by atoms with Gasteiger partial charge in [-0.15, -0.1) is 0 Å². The predicted molar refractivity (Wildman–Crippen MR) is 58.7 cm³/mol. The molecule has 0 N–H and O–H groups in total. The van der Waals surface area contributed by atoms with Crippen LogP contribution in [0, 0.1) is 0 Å². The Balaban J connectivity index is 2.31. The van der Waals surface area contributed by atoms with Gasteiger partial charge in [-0.3, -0.25) is 0 Å². The Labute approximate surface area is 89.4 Å². The fraction of sp³-hybridized carbons (Fsp3) is 0.200. The van der Waals surface area contributed by atoms with Crippen LogP contribution >= 0.6 is 0 Å². The quantitative estimate of drug-likeness (QED) is 0.754. The number of anilines is 1. The van der Waals surface area contributed by atoms with Gasteiger partial charge in [0.05, 0.1) is 0 Å². The van der Waals surface area contributed by atoms with E-state index in [0.29, 0.717) is 0 Å². The summed E-state index contributed by atoms with van der Waals surface area (Å²) in [6.07, 6.45) is 0. The Morgan fingerprint density at radius 2 is 1.86 bits per heavy atom. The fourth-order valence-corrected chi connectivity index (χ4v) is 2.20. The minimum absolute atomic E-state index is 0.218. The zero-order chi connectivity index (χ0) is 9.97. The first-order chi connectivity index (χ1) is 6.77. The number of aromatic nitrogens is 2. The first-order valence-electron chi connectivity index (χ1n) is 4.32. The molecule has 1 aromatic carbocycles. The van der Waals surface area contributed by atoms with Gasteiger partial charge in [-0.25, -0.2) is 0 Å². The number of benzene rings is 1. The normalized spacial score (nSPS) is 10.1. The van der Waals surface area contributed by atoms with Crippen molar-refractivity contribution >= 4 is 20.4 Å². The van der Waals surface area contributed by atoms with Crippen molar-refractivity contribution in [1.82, 2.24) is 9.19 Å². The summed E-state index contributed by atoms with van der Waals surface area (Å²) >= 11 is 0.218. The molecule has 0 unspecified atom stereocenters. The predicted octanol–water partition coefficient (Wildman–Crippen LogP) is 1.27. The molecule has 4 heteroatoms. The molecule has 1 aromatic heterocycles. The maximum atomic E-state index is 4.08. The maximum absolute atomic E-state index is 4.08. The molecule has 0 saturated carbocycles. The van der Waals surface area contributed by atoms with Gasteiger partial charge in [0, 0.05) is 0 Å². The standard InChI is InChI=1S/C10H11N3Se/c1-13(2)9-5-3-8(4-6-9)10-7-14-12-11-10/h3-7H,1-2H3. The zero-order valence-corrected chi connectivity index (χ0v) is 9.85. The Bertz CT molecular complexity index is 392. The summed E-state index contributed by atoms with van der Waals surface area (Å²) in [5, 5.41) is 4.08. The van der Waals surface area contributed by atoms with E-state index >= 15 is 0 Å². The molecule has 1 heterocycles. The molecule has 0 fully saturated rings. The van der Waals surface area contributed by atoms with Crippen molar-refractivity contribution in [1.29, 1.82) is 0 Å². The number of nitrogens with zero attached hydrogens (tertiary/aromatic N) is 3. The monoisotopic (exact) mass is 253 g/mol. The van der Waals surface area contributed by atoms with Crippen LogP contribution < -0.4 is 4.90 Å². The average Bonchev–Trinajstić information content (AvgIpc) is 2.71. The van der Waals surface area contributed by atoms with Crippen LogP contribution in [0.5, 0.6) is 0 Å². The van der Waals surface area contributed by atoms with Crippen molar-refractivity contribution in [2.75, 3.05) is 19.0 Å². The van der Waals surface area contributed by atoms with E-state index in [9.17, 15) is 0 Å². The van der Waals surface area contributed by atoms with Gasteiger partial charge in [0.1, 0.15) is 0 Å². The molecule has 0 aliphatic rings. The Hall–Kier alpha value is -1.12. The third-order valence-corrected chi connectivity index (χ3v) is 3.10. The molecule has 0 aliphatic carbocycles. The van der Waals surface area contributed by atoms with Crippen LogP contribution in [0.15, 0.2) is 29.2 Å². The second-order valence-corrected chi connectivity index (χ2v) is 4.51. The minimum atomic E-state index is 0.218. The molecule has 3 nitrogen and oxygen atoms in total. The summed E-state index contributed by atoms with van der Waals surface area (Å²) in [6, 6.07) is 8.36. The van der Waals surface area contributed by atoms with Gasteiger partial charge in [-0.05, 0) is 0 Å². The summed E-state index contributed by atoms with van der Waals surface area (Å²) in [7, 11) is 4.07. The molecule has 0 atom stereocenters. The fourth-order valence-electron chi connectivity index (χ4n) is 1.22. The van der Waals surface area contributed by atoms with Crippen molar-refractivity contribution in [2.24, 2.45) is 0 Å². The van der Waals surface area contributed by atoms with Crippen molar-refractivity contribution in [3.63, 3.8) is 0 Å². The third-order valence-electron chi connectivity index (χ3n) is 2.04. The Kier molecular flexibility index (Phi) is 2.66. The van der Waals surface area contributed by atoms with E-state index in [1.807, 2.05) is 14.1 Å². The van der Waals surface area contributed by atoms with Crippen LogP contribution in [0.25, 0.3) is 11.3 Å². The molecule has 2 rings (SSSR count). The van der Waals surface area contributed by atoms with E-state index in [0.717, 1.165) is 11.3 Å². The van der Waals surface area contributed by atoms with Crippen LogP contribution in [-0.2, 0) is 0 Å². The Morgan fingerprint density at radius 3 is 2.36 bits per heavy atom. The van der Waals surface area contributed by atoms with Crippen LogP contribution in [0.2, 0.25) is 0 Å². The van der Waals surface area contributed by atoms with Crippen LogP contribution in [0.3, 0.4) is 0 Å². The number of rotatable bonds is 2. The molecule has 14 heavy (non-hydrogen) atoms. The van der Waals surface area contributed by atoms with Gasteiger partial charge in [0.25, 0.3) is 0 Å². The third kappa shape index (κ3) is 1.86. The molecule has 0 aliphatic heterocycles. The Morgan fingerprint density at radius 1 is 1.14 bits per heavy atom. The van der Waals surface area contributed by atoms with E-state index in [4.69, 9.17) is 0 Å². The van der Waals surface area contributed by atoms with Gasteiger partial charge in [0.2, 0.25) is 0 Å². The molecule has 0 bridgehead atoms. The van der Waals surface area contributed by atoms with Gasteiger partial charge in [-0.1, -0.05) is 0 Å². The summed E-state index contributed by atoms with van der Waals surface area (Å²) < 4.78 is 3.98. The zero-order valence-electron chi connectivity index (χ0n) is 8.14. The summed E-state index contributed by atoms with van der Waals surface area (Å²) in [6.45, 7) is 0. The molecule has 0 amide bonds. The van der Waals surface area contributed by atoms with E-state index < -0.39 is 0 Å². The van der Waals surface area contributed by atoms with E-state index in [-0.39, 0.29) is 14.7 Å². The van der Waals surface area contributed by atoms with Crippen molar-refractivity contribution in [3.05, 3.63) is 29.2 Å². The van der Waals surface area contributed by atoms with Gasteiger partial charge in [0.15, 0.2) is 0 Å².